The highest BCUT2D eigenvalue weighted by atomic mass is 32.1. The Balaban J connectivity index is 1.88. The summed E-state index contributed by atoms with van der Waals surface area (Å²) in [6, 6.07) is -0.456. The van der Waals surface area contributed by atoms with Crippen molar-refractivity contribution in [3.63, 3.8) is 0 Å². The lowest BCUT2D eigenvalue weighted by Crippen LogP contribution is -2.56. The molecule has 0 aromatic carbocycles. The number of aromatic nitrogens is 1. The van der Waals surface area contributed by atoms with Gasteiger partial charge in [0.1, 0.15) is 5.54 Å². The second kappa shape index (κ2) is 5.16. The van der Waals surface area contributed by atoms with E-state index in [9.17, 15) is 14.7 Å². The molecule has 0 spiro atoms. The Morgan fingerprint density at radius 2 is 2.26 bits per heavy atom. The van der Waals surface area contributed by atoms with Crippen LogP contribution in [0.3, 0.4) is 0 Å². The molecule has 2 rings (SSSR count). The first-order valence-electron chi connectivity index (χ1n) is 6.12. The van der Waals surface area contributed by atoms with Crippen molar-refractivity contribution in [1.82, 2.24) is 15.6 Å². The third-order valence-corrected chi connectivity index (χ3v) is 4.22. The number of thiazole rings is 1. The van der Waals surface area contributed by atoms with Gasteiger partial charge in [-0.15, -0.1) is 11.3 Å². The quantitative estimate of drug-likeness (QED) is 0.763. The first-order chi connectivity index (χ1) is 8.91. The average Bonchev–Trinajstić information content (AvgIpc) is 3.11. The van der Waals surface area contributed by atoms with Crippen LogP contribution in [0.1, 0.15) is 29.7 Å². The Bertz CT molecular complexity index is 498. The molecule has 1 heterocycles. The van der Waals surface area contributed by atoms with Gasteiger partial charge in [0.25, 0.3) is 0 Å². The number of carbonyl (C=O) groups excluding carboxylic acids is 1. The number of rotatable bonds is 5. The molecule has 1 aliphatic carbocycles. The van der Waals surface area contributed by atoms with Crippen LogP contribution < -0.4 is 10.6 Å². The van der Waals surface area contributed by atoms with Crippen LogP contribution in [-0.4, -0.2) is 27.6 Å². The van der Waals surface area contributed by atoms with Crippen molar-refractivity contribution in [3.8, 4) is 0 Å². The van der Waals surface area contributed by atoms with E-state index in [1.807, 2.05) is 6.92 Å². The van der Waals surface area contributed by atoms with Crippen LogP contribution >= 0.6 is 11.3 Å². The van der Waals surface area contributed by atoms with Gasteiger partial charge in [-0.25, -0.2) is 14.6 Å². The molecule has 1 aliphatic rings. The summed E-state index contributed by atoms with van der Waals surface area (Å²) >= 11 is 1.50. The molecule has 0 radical (unpaired) electrons. The minimum absolute atomic E-state index is 0.0291. The van der Waals surface area contributed by atoms with Gasteiger partial charge < -0.3 is 15.7 Å². The Morgan fingerprint density at radius 3 is 2.74 bits per heavy atom. The van der Waals surface area contributed by atoms with Crippen LogP contribution in [0.4, 0.5) is 4.79 Å². The van der Waals surface area contributed by atoms with Gasteiger partial charge in [0.2, 0.25) is 0 Å². The van der Waals surface area contributed by atoms with Crippen molar-refractivity contribution in [2.24, 2.45) is 5.92 Å². The van der Waals surface area contributed by atoms with Gasteiger partial charge in [-0.2, -0.15) is 0 Å². The van der Waals surface area contributed by atoms with Crippen LogP contribution in [0.5, 0.6) is 0 Å². The van der Waals surface area contributed by atoms with E-state index in [-0.39, 0.29) is 5.92 Å². The Kier molecular flexibility index (Phi) is 3.75. The zero-order valence-corrected chi connectivity index (χ0v) is 11.7. The third-order valence-electron chi connectivity index (χ3n) is 3.30. The second-order valence-electron chi connectivity index (χ2n) is 4.94. The van der Waals surface area contributed by atoms with E-state index in [1.54, 1.807) is 13.1 Å². The summed E-state index contributed by atoms with van der Waals surface area (Å²) in [5.41, 5.74) is -1.17. The number of amides is 2. The smallest absolute Gasteiger partial charge is 0.329 e. The lowest BCUT2D eigenvalue weighted by Gasteiger charge is -2.26. The standard InChI is InChI=1S/C12H17N3O3S/c1-7-13-5-9(19-7)6-14-11(18)15-12(2,10(16)17)8-3-4-8/h5,8H,3-4,6H2,1-2H3,(H,16,17)(H2,14,15,18). The maximum atomic E-state index is 11.8. The lowest BCUT2D eigenvalue weighted by molar-refractivity contribution is -0.144. The average molecular weight is 283 g/mol. The Morgan fingerprint density at radius 1 is 1.58 bits per heavy atom. The molecular formula is C12H17N3O3S. The van der Waals surface area contributed by atoms with Crippen molar-refractivity contribution in [1.29, 1.82) is 0 Å². The monoisotopic (exact) mass is 283 g/mol. The normalized spacial score (nSPS) is 17.6. The summed E-state index contributed by atoms with van der Waals surface area (Å²) in [5.74, 6) is -0.958. The molecule has 0 aliphatic heterocycles. The van der Waals surface area contributed by atoms with Crippen LogP contribution in [0.2, 0.25) is 0 Å². The number of urea groups is 1. The predicted octanol–water partition coefficient (Wildman–Crippen LogP) is 1.50. The second-order valence-corrected chi connectivity index (χ2v) is 6.25. The molecule has 104 valence electrons. The van der Waals surface area contributed by atoms with Gasteiger partial charge in [0.05, 0.1) is 11.6 Å². The number of carbonyl (C=O) groups is 2. The fourth-order valence-corrected chi connectivity index (χ4v) is 2.66. The van der Waals surface area contributed by atoms with E-state index in [4.69, 9.17) is 0 Å². The first kappa shape index (κ1) is 13.8. The van der Waals surface area contributed by atoms with E-state index in [0.717, 1.165) is 22.7 Å². The fraction of sp³-hybridized carbons (Fsp3) is 0.583. The van der Waals surface area contributed by atoms with E-state index in [1.165, 1.54) is 11.3 Å². The molecule has 6 nitrogen and oxygen atoms in total. The number of nitrogens with zero attached hydrogens (tertiary/aromatic N) is 1. The van der Waals surface area contributed by atoms with Crippen molar-refractivity contribution >= 4 is 23.3 Å². The maximum absolute atomic E-state index is 11.8. The van der Waals surface area contributed by atoms with E-state index in [0.29, 0.717) is 6.54 Å². The number of aliphatic carboxylic acids is 1. The molecule has 2 amide bonds. The molecule has 19 heavy (non-hydrogen) atoms. The van der Waals surface area contributed by atoms with Gasteiger partial charge in [0.15, 0.2) is 0 Å². The highest BCUT2D eigenvalue weighted by molar-refractivity contribution is 7.11. The lowest BCUT2D eigenvalue weighted by atomic mass is 9.96. The van der Waals surface area contributed by atoms with Gasteiger partial charge in [-0.05, 0) is 32.6 Å². The number of nitrogens with one attached hydrogen (secondary N) is 2. The number of hydrogen-bond donors (Lipinski definition) is 3. The maximum Gasteiger partial charge on any atom is 0.329 e. The van der Waals surface area contributed by atoms with Gasteiger partial charge in [-0.3, -0.25) is 0 Å². The minimum atomic E-state index is -1.17. The number of carboxylic acids is 1. The third kappa shape index (κ3) is 3.23. The van der Waals surface area contributed by atoms with Crippen molar-refractivity contribution < 1.29 is 14.7 Å². The van der Waals surface area contributed by atoms with Gasteiger partial charge in [0, 0.05) is 11.1 Å². The number of carboxylic acid groups (broad SMARTS) is 1. The van der Waals surface area contributed by atoms with Crippen LogP contribution in [-0.2, 0) is 11.3 Å². The molecule has 1 fully saturated rings. The summed E-state index contributed by atoms with van der Waals surface area (Å²) in [7, 11) is 0. The zero-order valence-electron chi connectivity index (χ0n) is 10.9. The molecule has 1 unspecified atom stereocenters. The van der Waals surface area contributed by atoms with Crippen molar-refractivity contribution in [2.45, 2.75) is 38.8 Å². The molecule has 1 aromatic rings. The Labute approximate surface area is 115 Å². The molecular weight excluding hydrogens is 266 g/mol. The topological polar surface area (TPSA) is 91.3 Å². The molecule has 0 saturated heterocycles. The summed E-state index contributed by atoms with van der Waals surface area (Å²) in [5, 5.41) is 15.4. The summed E-state index contributed by atoms with van der Waals surface area (Å²) in [4.78, 5) is 28.1. The van der Waals surface area contributed by atoms with E-state index in [2.05, 4.69) is 15.6 Å². The number of hydrogen-bond acceptors (Lipinski definition) is 4. The SMILES string of the molecule is Cc1ncc(CNC(=O)NC(C)(C(=O)O)C2CC2)s1. The largest absolute Gasteiger partial charge is 0.480 e. The highest BCUT2D eigenvalue weighted by Gasteiger charge is 2.48. The fourth-order valence-electron chi connectivity index (χ4n) is 1.93. The summed E-state index contributed by atoms with van der Waals surface area (Å²) in [6.07, 6.45) is 3.39. The molecule has 1 saturated carbocycles. The molecule has 1 atom stereocenters. The van der Waals surface area contributed by atoms with E-state index >= 15 is 0 Å². The minimum Gasteiger partial charge on any atom is -0.480 e. The summed E-state index contributed by atoms with van der Waals surface area (Å²) in [6.45, 7) is 3.81. The van der Waals surface area contributed by atoms with Crippen molar-refractivity contribution in [3.05, 3.63) is 16.1 Å². The summed E-state index contributed by atoms with van der Waals surface area (Å²) < 4.78 is 0. The number of aryl methyl sites for hydroxylation is 1. The Hall–Kier alpha value is -1.63. The molecule has 7 heteroatoms. The molecule has 0 bridgehead atoms. The zero-order chi connectivity index (χ0) is 14.0. The highest BCUT2D eigenvalue weighted by Crippen LogP contribution is 2.39. The first-order valence-corrected chi connectivity index (χ1v) is 6.94. The van der Waals surface area contributed by atoms with Gasteiger partial charge in [-0.1, -0.05) is 0 Å². The predicted molar refractivity (Wildman–Crippen MR) is 71.0 cm³/mol. The van der Waals surface area contributed by atoms with Gasteiger partial charge >= 0.3 is 12.0 Å². The van der Waals surface area contributed by atoms with Crippen LogP contribution in [0.15, 0.2) is 6.20 Å². The molecule has 3 N–H and O–H groups in total. The van der Waals surface area contributed by atoms with Crippen molar-refractivity contribution in [2.75, 3.05) is 0 Å². The van der Waals surface area contributed by atoms with E-state index < -0.39 is 17.5 Å². The molecule has 1 aromatic heterocycles. The van der Waals surface area contributed by atoms with Crippen LogP contribution in [0, 0.1) is 12.8 Å². The van der Waals surface area contributed by atoms with Crippen LogP contribution in [0.25, 0.3) is 0 Å².